The van der Waals surface area contributed by atoms with Gasteiger partial charge in [-0.2, -0.15) is 0 Å². The van der Waals surface area contributed by atoms with E-state index in [9.17, 15) is 4.79 Å². The molecule has 0 radical (unpaired) electrons. The molecule has 1 aliphatic rings. The van der Waals surface area contributed by atoms with Crippen LogP contribution in [0.4, 0.5) is 0 Å². The summed E-state index contributed by atoms with van der Waals surface area (Å²) in [4.78, 5) is 12.2. The van der Waals surface area contributed by atoms with Crippen LogP contribution in [-0.2, 0) is 9.53 Å². The lowest BCUT2D eigenvalue weighted by atomic mass is 9.85. The Hall–Kier alpha value is -0.345. The molecule has 0 aromatic heterocycles. The summed E-state index contributed by atoms with van der Waals surface area (Å²) < 4.78 is 5.33. The topological polar surface area (TPSA) is 29.5 Å². The van der Waals surface area contributed by atoms with Gasteiger partial charge in [0.15, 0.2) is 0 Å². The van der Waals surface area contributed by atoms with Crippen molar-refractivity contribution in [3.05, 3.63) is 0 Å². The molecule has 1 saturated heterocycles. The van der Waals surface area contributed by atoms with Crippen molar-refractivity contribution in [2.75, 3.05) is 26.7 Å². The van der Waals surface area contributed by atoms with E-state index in [1.54, 1.807) is 0 Å². The van der Waals surface area contributed by atoms with E-state index in [1.165, 1.54) is 0 Å². The van der Waals surface area contributed by atoms with Crippen LogP contribution in [0, 0.1) is 0 Å². The average Bonchev–Trinajstić information content (AvgIpc) is 2.26. The number of carbonyl (C=O) groups is 1. The van der Waals surface area contributed by atoms with Gasteiger partial charge in [-0.05, 0) is 19.4 Å². The molecule has 0 aromatic carbocycles. The second-order valence-electron chi connectivity index (χ2n) is 3.24. The number of nitrogens with zero attached hydrogens (tertiary/aromatic N) is 1. The molecule has 2 unspecified atom stereocenters. The highest BCUT2D eigenvalue weighted by atomic mass is 16.5. The number of carbonyl (C=O) groups excluding carboxylic acids is 1. The van der Waals surface area contributed by atoms with Gasteiger partial charge in [0.1, 0.15) is 20.7 Å². The van der Waals surface area contributed by atoms with Crippen molar-refractivity contribution in [3.63, 3.8) is 0 Å². The minimum atomic E-state index is 0.239. The summed E-state index contributed by atoms with van der Waals surface area (Å²) in [6.07, 6.45) is 1.07. The second kappa shape index (κ2) is 3.88. The van der Waals surface area contributed by atoms with Crippen LogP contribution in [0.5, 0.6) is 0 Å². The highest BCUT2D eigenvalue weighted by molar-refractivity contribution is 6.12. The highest BCUT2D eigenvalue weighted by Gasteiger charge is 2.27. The summed E-state index contributed by atoms with van der Waals surface area (Å²) in [5.74, 6) is 0.556. The van der Waals surface area contributed by atoms with E-state index in [4.69, 9.17) is 4.74 Å². The molecule has 62 valence electrons. The van der Waals surface area contributed by atoms with Crippen LogP contribution >= 0.6 is 0 Å². The fourth-order valence-electron chi connectivity index (χ4n) is 1.55. The molecule has 1 fully saturated rings. The number of likely N-dealkylation sites (tertiary alicyclic amines) is 1. The number of hydrogen-bond donors (Lipinski definition) is 0. The van der Waals surface area contributed by atoms with Gasteiger partial charge in [-0.25, -0.2) is 0 Å². The number of likely N-dealkylation sites (N-methyl/N-ethyl adjacent to an activating group) is 1. The van der Waals surface area contributed by atoms with Gasteiger partial charge in [-0.3, -0.25) is 0 Å². The van der Waals surface area contributed by atoms with Crippen molar-refractivity contribution in [1.29, 1.82) is 0 Å². The number of ether oxygens (including phenoxy) is 1. The monoisotopic (exact) mass is 155 g/mol. The summed E-state index contributed by atoms with van der Waals surface area (Å²) in [6.45, 7) is 2.27. The molecular weight excluding hydrogens is 141 g/mol. The van der Waals surface area contributed by atoms with Gasteiger partial charge in [0.05, 0.1) is 6.10 Å². The molecule has 0 spiro atoms. The molecule has 0 N–H and O–H groups in total. The summed E-state index contributed by atoms with van der Waals surface area (Å²) in [5.41, 5.74) is 0. The zero-order valence-corrected chi connectivity index (χ0v) is 7.12. The third-order valence-electron chi connectivity index (χ3n) is 2.10. The predicted molar refractivity (Wildman–Crippen MR) is 45.6 cm³/mol. The molecule has 3 nitrogen and oxygen atoms in total. The van der Waals surface area contributed by atoms with Crippen LogP contribution in [0.2, 0.25) is 5.82 Å². The largest absolute Gasteiger partial charge is 0.370 e. The Kier molecular flexibility index (Phi) is 3.08. The maximum absolute atomic E-state index is 10.0. The lowest BCUT2D eigenvalue weighted by molar-refractivity contribution is -0.113. The third-order valence-corrected chi connectivity index (χ3v) is 2.10. The van der Waals surface area contributed by atoms with Gasteiger partial charge < -0.3 is 14.4 Å². The quantitative estimate of drug-likeness (QED) is 0.384. The van der Waals surface area contributed by atoms with Crippen LogP contribution in [0.3, 0.4) is 0 Å². The fourth-order valence-corrected chi connectivity index (χ4v) is 1.55. The first-order valence-electron chi connectivity index (χ1n) is 3.98. The van der Waals surface area contributed by atoms with E-state index < -0.39 is 0 Å². The van der Waals surface area contributed by atoms with Crippen LogP contribution in [0.25, 0.3) is 0 Å². The van der Waals surface area contributed by atoms with Crippen LogP contribution < -0.4 is 0 Å². The molecule has 11 heavy (non-hydrogen) atoms. The standard InChI is InChI=1S/C7H14BNO2/c1-9-4-6(8)7(5-9)11-3-2-10/h2,6-7H,3-5,8H2,1H3. The molecule has 1 aliphatic heterocycles. The lowest BCUT2D eigenvalue weighted by Gasteiger charge is -2.12. The number of hydrogen-bond acceptors (Lipinski definition) is 3. The minimum absolute atomic E-state index is 0.239. The Balaban J connectivity index is 2.28. The lowest BCUT2D eigenvalue weighted by Crippen LogP contribution is -2.21. The summed E-state index contributed by atoms with van der Waals surface area (Å²) in [5, 5.41) is 0. The summed E-state index contributed by atoms with van der Waals surface area (Å²) >= 11 is 0. The normalized spacial score (nSPS) is 32.5. The molecule has 0 saturated carbocycles. The van der Waals surface area contributed by atoms with E-state index in [2.05, 4.69) is 19.8 Å². The predicted octanol–water partition coefficient (Wildman–Crippen LogP) is -1.06. The Labute approximate surface area is 68.1 Å². The van der Waals surface area contributed by atoms with Gasteiger partial charge in [0.2, 0.25) is 0 Å². The van der Waals surface area contributed by atoms with Crippen molar-refractivity contribution in [2.45, 2.75) is 11.9 Å². The summed E-state index contributed by atoms with van der Waals surface area (Å²) in [6, 6.07) is 0. The molecule has 0 amide bonds. The van der Waals surface area contributed by atoms with Crippen molar-refractivity contribution >= 4 is 14.1 Å². The maximum atomic E-state index is 10.0. The molecule has 0 bridgehead atoms. The van der Waals surface area contributed by atoms with Crippen molar-refractivity contribution < 1.29 is 9.53 Å². The zero-order chi connectivity index (χ0) is 8.27. The van der Waals surface area contributed by atoms with E-state index in [-0.39, 0.29) is 12.7 Å². The van der Waals surface area contributed by atoms with Crippen molar-refractivity contribution in [1.82, 2.24) is 4.90 Å². The first-order chi connectivity index (χ1) is 5.24. The van der Waals surface area contributed by atoms with Crippen LogP contribution in [0.15, 0.2) is 0 Å². The smallest absolute Gasteiger partial charge is 0.145 e. The van der Waals surface area contributed by atoms with Crippen LogP contribution in [-0.4, -0.2) is 51.9 Å². The van der Waals surface area contributed by atoms with Gasteiger partial charge in [0.25, 0.3) is 0 Å². The highest BCUT2D eigenvalue weighted by Crippen LogP contribution is 2.19. The Morgan fingerprint density at radius 2 is 2.45 bits per heavy atom. The Bertz CT molecular complexity index is 142. The zero-order valence-electron chi connectivity index (χ0n) is 7.12. The van der Waals surface area contributed by atoms with E-state index in [0.29, 0.717) is 5.82 Å². The molecular formula is C7H14BNO2. The first kappa shape index (κ1) is 8.75. The van der Waals surface area contributed by atoms with Crippen molar-refractivity contribution in [3.8, 4) is 0 Å². The molecule has 0 aliphatic carbocycles. The van der Waals surface area contributed by atoms with Gasteiger partial charge in [-0.15, -0.1) is 0 Å². The molecule has 2 atom stereocenters. The van der Waals surface area contributed by atoms with E-state index in [1.807, 2.05) is 0 Å². The Morgan fingerprint density at radius 3 is 2.91 bits per heavy atom. The third kappa shape index (κ3) is 2.31. The molecule has 1 rings (SSSR count). The van der Waals surface area contributed by atoms with Gasteiger partial charge in [-0.1, -0.05) is 0 Å². The summed E-state index contributed by atoms with van der Waals surface area (Å²) in [7, 11) is 4.22. The van der Waals surface area contributed by atoms with E-state index >= 15 is 0 Å². The van der Waals surface area contributed by atoms with E-state index in [0.717, 1.165) is 19.4 Å². The van der Waals surface area contributed by atoms with Crippen molar-refractivity contribution in [2.24, 2.45) is 0 Å². The SMILES string of the molecule is BC1CN(C)CC1OCC=O. The first-order valence-corrected chi connectivity index (χ1v) is 3.98. The van der Waals surface area contributed by atoms with Gasteiger partial charge in [0, 0.05) is 6.54 Å². The van der Waals surface area contributed by atoms with Crippen LogP contribution in [0.1, 0.15) is 0 Å². The minimum Gasteiger partial charge on any atom is -0.370 e. The number of rotatable bonds is 3. The second-order valence-corrected chi connectivity index (χ2v) is 3.24. The Morgan fingerprint density at radius 1 is 1.73 bits per heavy atom. The number of aldehydes is 1. The molecule has 0 aromatic rings. The molecule has 4 heteroatoms. The van der Waals surface area contributed by atoms with Gasteiger partial charge >= 0.3 is 0 Å². The molecule has 1 heterocycles. The average molecular weight is 155 g/mol. The maximum Gasteiger partial charge on any atom is 0.145 e. The fraction of sp³-hybridized carbons (Fsp3) is 0.857.